The Morgan fingerprint density at radius 3 is 2.81 bits per heavy atom. The van der Waals surface area contributed by atoms with Crippen molar-refractivity contribution in [3.8, 4) is 0 Å². The number of rotatable bonds is 4. The Labute approximate surface area is 152 Å². The molecule has 0 radical (unpaired) electrons. The van der Waals surface area contributed by atoms with Crippen LogP contribution in [0.2, 0.25) is 10.0 Å². The minimum Gasteiger partial charge on any atom is -0.381 e. The molecule has 0 bridgehead atoms. The average Bonchev–Trinajstić information content (AvgIpc) is 2.94. The van der Waals surface area contributed by atoms with Crippen molar-refractivity contribution < 1.29 is 4.74 Å². The fraction of sp³-hybridized carbons (Fsp3) is 0.500. The van der Waals surface area contributed by atoms with Crippen molar-refractivity contribution in [2.45, 2.75) is 13.0 Å². The molecule has 1 unspecified atom stereocenters. The van der Waals surface area contributed by atoms with E-state index in [2.05, 4.69) is 15.6 Å². The second-order valence-corrected chi connectivity index (χ2v) is 5.62. The Kier molecular flexibility index (Phi) is 8.70. The standard InChI is InChI=1S/C14H19Cl2N3O.HI/c1-17-14(18-7-10-4-5-20-9-10)19-8-11-2-3-12(15)6-13(11)16;/h2-3,6,10H,4-5,7-9H2,1H3,(H2,17,18,19);1H. The molecule has 2 rings (SSSR count). The molecule has 0 saturated carbocycles. The van der Waals surface area contributed by atoms with Gasteiger partial charge in [-0.3, -0.25) is 4.99 Å². The molecule has 0 aliphatic carbocycles. The van der Waals surface area contributed by atoms with Gasteiger partial charge in [-0.15, -0.1) is 24.0 Å². The van der Waals surface area contributed by atoms with Gasteiger partial charge in [0.25, 0.3) is 0 Å². The van der Waals surface area contributed by atoms with E-state index in [9.17, 15) is 0 Å². The number of benzene rings is 1. The second-order valence-electron chi connectivity index (χ2n) is 4.77. The van der Waals surface area contributed by atoms with Crippen molar-refractivity contribution in [2.75, 3.05) is 26.8 Å². The lowest BCUT2D eigenvalue weighted by Gasteiger charge is -2.15. The molecule has 2 N–H and O–H groups in total. The Balaban J connectivity index is 0.00000220. The number of nitrogens with zero attached hydrogens (tertiary/aromatic N) is 1. The summed E-state index contributed by atoms with van der Waals surface area (Å²) in [6.45, 7) is 3.16. The summed E-state index contributed by atoms with van der Waals surface area (Å²) in [5, 5.41) is 7.84. The van der Waals surface area contributed by atoms with Crippen LogP contribution in [0.25, 0.3) is 0 Å². The molecule has 0 amide bonds. The van der Waals surface area contributed by atoms with Gasteiger partial charge < -0.3 is 15.4 Å². The van der Waals surface area contributed by atoms with E-state index in [0.717, 1.165) is 37.7 Å². The minimum atomic E-state index is 0. The van der Waals surface area contributed by atoms with E-state index in [0.29, 0.717) is 22.5 Å². The van der Waals surface area contributed by atoms with E-state index in [1.807, 2.05) is 12.1 Å². The van der Waals surface area contributed by atoms with E-state index >= 15 is 0 Å². The third-order valence-corrected chi connectivity index (χ3v) is 3.85. The summed E-state index contributed by atoms with van der Waals surface area (Å²) in [5.41, 5.74) is 0.989. The molecule has 118 valence electrons. The highest BCUT2D eigenvalue weighted by Crippen LogP contribution is 2.20. The van der Waals surface area contributed by atoms with Gasteiger partial charge >= 0.3 is 0 Å². The second kappa shape index (κ2) is 9.71. The van der Waals surface area contributed by atoms with Crippen LogP contribution in [-0.4, -0.2) is 32.8 Å². The first-order valence-corrected chi connectivity index (χ1v) is 7.41. The maximum Gasteiger partial charge on any atom is 0.191 e. The summed E-state index contributed by atoms with van der Waals surface area (Å²) in [7, 11) is 1.75. The number of aliphatic imine (C=N–C) groups is 1. The molecule has 1 heterocycles. The predicted molar refractivity (Wildman–Crippen MR) is 99.0 cm³/mol. The van der Waals surface area contributed by atoms with Gasteiger partial charge in [-0.1, -0.05) is 29.3 Å². The van der Waals surface area contributed by atoms with Gasteiger partial charge in [-0.05, 0) is 24.1 Å². The first kappa shape index (κ1) is 18.8. The Bertz CT molecular complexity index is 479. The first-order chi connectivity index (χ1) is 9.69. The van der Waals surface area contributed by atoms with Crippen LogP contribution in [0.3, 0.4) is 0 Å². The van der Waals surface area contributed by atoms with Gasteiger partial charge in [0.1, 0.15) is 0 Å². The minimum absolute atomic E-state index is 0. The molecule has 1 saturated heterocycles. The number of ether oxygens (including phenoxy) is 1. The van der Waals surface area contributed by atoms with E-state index in [-0.39, 0.29) is 24.0 Å². The summed E-state index contributed by atoms with van der Waals surface area (Å²) in [6.07, 6.45) is 1.10. The molecule has 1 atom stereocenters. The third-order valence-electron chi connectivity index (χ3n) is 3.27. The molecular formula is C14H20Cl2IN3O. The van der Waals surface area contributed by atoms with Crippen LogP contribution >= 0.6 is 47.2 Å². The molecule has 1 aliphatic heterocycles. The van der Waals surface area contributed by atoms with Crippen LogP contribution in [-0.2, 0) is 11.3 Å². The zero-order chi connectivity index (χ0) is 14.4. The highest BCUT2D eigenvalue weighted by Gasteiger charge is 2.15. The highest BCUT2D eigenvalue weighted by atomic mass is 127. The van der Waals surface area contributed by atoms with Crippen LogP contribution in [0.15, 0.2) is 23.2 Å². The fourth-order valence-corrected chi connectivity index (χ4v) is 2.53. The molecular weight excluding hydrogens is 424 g/mol. The zero-order valence-corrected chi connectivity index (χ0v) is 15.7. The van der Waals surface area contributed by atoms with Gasteiger partial charge in [0.2, 0.25) is 0 Å². The highest BCUT2D eigenvalue weighted by molar-refractivity contribution is 14.0. The summed E-state index contributed by atoms with van der Waals surface area (Å²) in [4.78, 5) is 4.20. The van der Waals surface area contributed by atoms with E-state index < -0.39 is 0 Å². The lowest BCUT2D eigenvalue weighted by atomic mass is 10.1. The third kappa shape index (κ3) is 6.18. The van der Waals surface area contributed by atoms with Crippen molar-refractivity contribution in [1.29, 1.82) is 0 Å². The fourth-order valence-electron chi connectivity index (χ4n) is 2.05. The number of hydrogen-bond donors (Lipinski definition) is 2. The summed E-state index contributed by atoms with van der Waals surface area (Å²) in [5.74, 6) is 1.33. The predicted octanol–water partition coefficient (Wildman–Crippen LogP) is 3.31. The summed E-state index contributed by atoms with van der Waals surface area (Å²) < 4.78 is 5.35. The number of halogens is 3. The average molecular weight is 444 g/mol. The van der Waals surface area contributed by atoms with Crippen molar-refractivity contribution in [3.63, 3.8) is 0 Å². The molecule has 1 aromatic rings. The molecule has 0 spiro atoms. The topological polar surface area (TPSA) is 45.7 Å². The Morgan fingerprint density at radius 2 is 2.19 bits per heavy atom. The van der Waals surface area contributed by atoms with Gasteiger partial charge in [-0.2, -0.15) is 0 Å². The molecule has 1 fully saturated rings. The van der Waals surface area contributed by atoms with Crippen LogP contribution in [0.1, 0.15) is 12.0 Å². The number of guanidine groups is 1. The van der Waals surface area contributed by atoms with Crippen molar-refractivity contribution >= 4 is 53.1 Å². The molecule has 21 heavy (non-hydrogen) atoms. The SMILES string of the molecule is CN=C(NCc1ccc(Cl)cc1Cl)NCC1CCOC1.I. The molecule has 0 aromatic heterocycles. The van der Waals surface area contributed by atoms with Gasteiger partial charge in [-0.25, -0.2) is 0 Å². The number of nitrogens with one attached hydrogen (secondary N) is 2. The maximum atomic E-state index is 6.14. The lowest BCUT2D eigenvalue weighted by molar-refractivity contribution is 0.186. The Hall–Kier alpha value is -0.240. The molecule has 1 aliphatic rings. The maximum absolute atomic E-state index is 6.14. The molecule has 7 heteroatoms. The summed E-state index contributed by atoms with van der Waals surface area (Å²) >= 11 is 12.0. The Morgan fingerprint density at radius 1 is 1.38 bits per heavy atom. The van der Waals surface area contributed by atoms with Gasteiger partial charge in [0, 0.05) is 42.7 Å². The monoisotopic (exact) mass is 443 g/mol. The number of hydrogen-bond acceptors (Lipinski definition) is 2. The first-order valence-electron chi connectivity index (χ1n) is 6.65. The van der Waals surface area contributed by atoms with E-state index in [1.165, 1.54) is 0 Å². The van der Waals surface area contributed by atoms with Gasteiger partial charge in [0.05, 0.1) is 6.61 Å². The van der Waals surface area contributed by atoms with Crippen LogP contribution in [0.5, 0.6) is 0 Å². The van der Waals surface area contributed by atoms with E-state index in [1.54, 1.807) is 13.1 Å². The van der Waals surface area contributed by atoms with Crippen molar-refractivity contribution in [3.05, 3.63) is 33.8 Å². The van der Waals surface area contributed by atoms with Crippen molar-refractivity contribution in [2.24, 2.45) is 10.9 Å². The van der Waals surface area contributed by atoms with E-state index in [4.69, 9.17) is 27.9 Å². The summed E-state index contributed by atoms with van der Waals surface area (Å²) in [6, 6.07) is 5.48. The lowest BCUT2D eigenvalue weighted by Crippen LogP contribution is -2.39. The van der Waals surface area contributed by atoms with Crippen LogP contribution in [0.4, 0.5) is 0 Å². The largest absolute Gasteiger partial charge is 0.381 e. The zero-order valence-electron chi connectivity index (χ0n) is 11.9. The van der Waals surface area contributed by atoms with Crippen molar-refractivity contribution in [1.82, 2.24) is 10.6 Å². The van der Waals surface area contributed by atoms with Crippen LogP contribution < -0.4 is 10.6 Å². The quantitative estimate of drug-likeness (QED) is 0.426. The molecule has 1 aromatic carbocycles. The normalized spacial score (nSPS) is 18.2. The van der Waals surface area contributed by atoms with Gasteiger partial charge in [0.15, 0.2) is 5.96 Å². The van der Waals surface area contributed by atoms with Crippen LogP contribution in [0, 0.1) is 5.92 Å². The smallest absolute Gasteiger partial charge is 0.191 e. The molecule has 4 nitrogen and oxygen atoms in total.